The van der Waals surface area contributed by atoms with Crippen LogP contribution in [0.15, 0.2) is 30.5 Å². The van der Waals surface area contributed by atoms with Crippen LogP contribution in [-0.4, -0.2) is 22.7 Å². The van der Waals surface area contributed by atoms with E-state index in [0.717, 1.165) is 11.4 Å². The molecule has 0 saturated heterocycles. The number of carbonyl (C=O) groups excluding carboxylic acids is 1. The molecule has 0 radical (unpaired) electrons. The molecule has 2 aromatic rings. The Balaban J connectivity index is 1.99. The average molecular weight is 256 g/mol. The van der Waals surface area contributed by atoms with Crippen molar-refractivity contribution < 1.29 is 4.79 Å². The summed E-state index contributed by atoms with van der Waals surface area (Å²) in [4.78, 5) is 11.7. The maximum atomic E-state index is 11.7. The van der Waals surface area contributed by atoms with Crippen LogP contribution in [0.2, 0.25) is 0 Å². The number of nitrogen functional groups attached to an aromatic ring is 1. The molecule has 0 bridgehead atoms. The van der Waals surface area contributed by atoms with Crippen molar-refractivity contribution >= 4 is 11.6 Å². The van der Waals surface area contributed by atoms with E-state index in [1.807, 2.05) is 12.3 Å². The van der Waals surface area contributed by atoms with Crippen LogP contribution in [0.3, 0.4) is 0 Å². The van der Waals surface area contributed by atoms with Gasteiger partial charge in [-0.05, 0) is 37.1 Å². The van der Waals surface area contributed by atoms with Gasteiger partial charge in [0.2, 0.25) is 0 Å². The van der Waals surface area contributed by atoms with E-state index in [-0.39, 0.29) is 5.91 Å². The highest BCUT2D eigenvalue weighted by Crippen LogP contribution is 2.39. The lowest BCUT2D eigenvalue weighted by molar-refractivity contribution is 0.0963. The predicted molar refractivity (Wildman–Crippen MR) is 73.3 cm³/mol. The van der Waals surface area contributed by atoms with Gasteiger partial charge in [-0.3, -0.25) is 4.79 Å². The highest BCUT2D eigenvalue weighted by molar-refractivity contribution is 5.95. The van der Waals surface area contributed by atoms with Crippen molar-refractivity contribution in [1.82, 2.24) is 15.1 Å². The largest absolute Gasteiger partial charge is 0.397 e. The van der Waals surface area contributed by atoms with E-state index in [9.17, 15) is 4.79 Å². The van der Waals surface area contributed by atoms with Gasteiger partial charge in [-0.2, -0.15) is 5.10 Å². The molecular formula is C14H16N4O. The Morgan fingerprint density at radius 3 is 2.89 bits per heavy atom. The number of nitrogens with zero attached hydrogens (tertiary/aromatic N) is 2. The zero-order valence-electron chi connectivity index (χ0n) is 10.8. The molecule has 1 amide bonds. The minimum atomic E-state index is -0.129. The highest BCUT2D eigenvalue weighted by atomic mass is 16.1. The van der Waals surface area contributed by atoms with Gasteiger partial charge in [-0.15, -0.1) is 0 Å². The van der Waals surface area contributed by atoms with Crippen molar-refractivity contribution in [2.45, 2.75) is 18.8 Å². The summed E-state index contributed by atoms with van der Waals surface area (Å²) in [7, 11) is 1.61. The van der Waals surface area contributed by atoms with Gasteiger partial charge in [0.05, 0.1) is 17.1 Å². The lowest BCUT2D eigenvalue weighted by atomic mass is 10.1. The second kappa shape index (κ2) is 4.42. The van der Waals surface area contributed by atoms with Gasteiger partial charge in [0.15, 0.2) is 0 Å². The van der Waals surface area contributed by atoms with Crippen LogP contribution < -0.4 is 11.1 Å². The number of amides is 1. The van der Waals surface area contributed by atoms with E-state index < -0.39 is 0 Å². The van der Waals surface area contributed by atoms with Gasteiger partial charge < -0.3 is 11.1 Å². The van der Waals surface area contributed by atoms with Crippen molar-refractivity contribution in [2.24, 2.45) is 0 Å². The molecule has 3 N–H and O–H groups in total. The fraction of sp³-hybridized carbons (Fsp3) is 0.286. The number of carbonyl (C=O) groups is 1. The number of hydrogen-bond donors (Lipinski definition) is 2. The molecule has 3 rings (SSSR count). The zero-order valence-corrected chi connectivity index (χ0v) is 10.8. The molecule has 1 aliphatic rings. The van der Waals surface area contributed by atoms with Crippen LogP contribution in [0, 0.1) is 0 Å². The third-order valence-corrected chi connectivity index (χ3v) is 3.37. The van der Waals surface area contributed by atoms with E-state index in [1.165, 1.54) is 12.8 Å². The second-order valence-electron chi connectivity index (χ2n) is 4.81. The van der Waals surface area contributed by atoms with Crippen molar-refractivity contribution in [2.75, 3.05) is 12.8 Å². The molecule has 1 aromatic carbocycles. The van der Waals surface area contributed by atoms with E-state index in [1.54, 1.807) is 29.9 Å². The zero-order chi connectivity index (χ0) is 13.4. The first-order chi connectivity index (χ1) is 9.19. The third kappa shape index (κ3) is 2.19. The van der Waals surface area contributed by atoms with E-state index in [0.29, 0.717) is 17.2 Å². The summed E-state index contributed by atoms with van der Waals surface area (Å²) in [5.74, 6) is 0.473. The second-order valence-corrected chi connectivity index (χ2v) is 4.81. The summed E-state index contributed by atoms with van der Waals surface area (Å²) in [5.41, 5.74) is 9.00. The van der Waals surface area contributed by atoms with Crippen LogP contribution in [0.4, 0.5) is 5.69 Å². The van der Waals surface area contributed by atoms with Crippen molar-refractivity contribution in [3.63, 3.8) is 0 Å². The number of benzene rings is 1. The maximum absolute atomic E-state index is 11.7. The van der Waals surface area contributed by atoms with Crippen LogP contribution in [0.1, 0.15) is 34.8 Å². The van der Waals surface area contributed by atoms with Gasteiger partial charge in [0.25, 0.3) is 5.91 Å². The predicted octanol–water partition coefficient (Wildman–Crippen LogP) is 1.69. The molecule has 1 aliphatic carbocycles. The summed E-state index contributed by atoms with van der Waals surface area (Å²) in [6.07, 6.45) is 4.32. The van der Waals surface area contributed by atoms with Crippen molar-refractivity contribution in [3.05, 3.63) is 41.7 Å². The molecule has 0 aliphatic heterocycles. The standard InChI is InChI=1S/C14H16N4O/c1-16-14(19)10-4-5-11(15)13(8-10)18-7-6-12(17-18)9-2-3-9/h4-9H,2-3,15H2,1H3,(H,16,19). The molecule has 5 nitrogen and oxygen atoms in total. The Kier molecular flexibility index (Phi) is 2.74. The summed E-state index contributed by atoms with van der Waals surface area (Å²) in [5, 5.41) is 7.14. The summed E-state index contributed by atoms with van der Waals surface area (Å²) in [6.45, 7) is 0. The minimum Gasteiger partial charge on any atom is -0.397 e. The Morgan fingerprint density at radius 1 is 1.42 bits per heavy atom. The normalized spacial score (nSPS) is 14.4. The first-order valence-corrected chi connectivity index (χ1v) is 6.36. The Labute approximate surface area is 111 Å². The smallest absolute Gasteiger partial charge is 0.251 e. The first-order valence-electron chi connectivity index (χ1n) is 6.36. The molecule has 1 saturated carbocycles. The molecule has 98 valence electrons. The molecule has 1 fully saturated rings. The SMILES string of the molecule is CNC(=O)c1ccc(N)c(-n2ccc(C3CC3)n2)c1. The molecule has 1 aromatic heterocycles. The van der Waals surface area contributed by atoms with Gasteiger partial charge in [0.1, 0.15) is 0 Å². The Bertz CT molecular complexity index is 628. The third-order valence-electron chi connectivity index (χ3n) is 3.37. The summed E-state index contributed by atoms with van der Waals surface area (Å²) in [6, 6.07) is 7.23. The van der Waals surface area contributed by atoms with E-state index >= 15 is 0 Å². The van der Waals surface area contributed by atoms with E-state index in [4.69, 9.17) is 5.73 Å². The first kappa shape index (κ1) is 11.8. The molecule has 0 spiro atoms. The molecule has 19 heavy (non-hydrogen) atoms. The molecular weight excluding hydrogens is 240 g/mol. The number of hydrogen-bond acceptors (Lipinski definition) is 3. The number of nitrogens with one attached hydrogen (secondary N) is 1. The quantitative estimate of drug-likeness (QED) is 0.821. The van der Waals surface area contributed by atoms with Gasteiger partial charge in [0, 0.05) is 24.7 Å². The molecule has 0 unspecified atom stereocenters. The maximum Gasteiger partial charge on any atom is 0.251 e. The fourth-order valence-electron chi connectivity index (χ4n) is 2.10. The van der Waals surface area contributed by atoms with Gasteiger partial charge in [-0.25, -0.2) is 4.68 Å². The monoisotopic (exact) mass is 256 g/mol. The van der Waals surface area contributed by atoms with Crippen LogP contribution in [-0.2, 0) is 0 Å². The highest BCUT2D eigenvalue weighted by Gasteiger charge is 2.26. The average Bonchev–Trinajstić information content (AvgIpc) is 3.17. The minimum absolute atomic E-state index is 0.129. The lowest BCUT2D eigenvalue weighted by Crippen LogP contribution is -2.18. The van der Waals surface area contributed by atoms with Gasteiger partial charge >= 0.3 is 0 Å². The molecule has 1 heterocycles. The van der Waals surface area contributed by atoms with Crippen molar-refractivity contribution in [1.29, 1.82) is 0 Å². The number of aromatic nitrogens is 2. The molecule has 0 atom stereocenters. The Hall–Kier alpha value is -2.30. The summed E-state index contributed by atoms with van der Waals surface area (Å²) < 4.78 is 1.75. The number of anilines is 1. The lowest BCUT2D eigenvalue weighted by Gasteiger charge is -2.08. The topological polar surface area (TPSA) is 72.9 Å². The molecule has 5 heteroatoms. The van der Waals surface area contributed by atoms with E-state index in [2.05, 4.69) is 10.4 Å². The van der Waals surface area contributed by atoms with Crippen LogP contribution in [0.25, 0.3) is 5.69 Å². The fourth-order valence-corrected chi connectivity index (χ4v) is 2.10. The number of rotatable bonds is 3. The Morgan fingerprint density at radius 2 is 2.21 bits per heavy atom. The van der Waals surface area contributed by atoms with Crippen LogP contribution in [0.5, 0.6) is 0 Å². The van der Waals surface area contributed by atoms with Gasteiger partial charge in [-0.1, -0.05) is 0 Å². The van der Waals surface area contributed by atoms with Crippen LogP contribution >= 0.6 is 0 Å². The van der Waals surface area contributed by atoms with Crippen molar-refractivity contribution in [3.8, 4) is 5.69 Å². The number of nitrogens with two attached hydrogens (primary N) is 1. The summed E-state index contributed by atoms with van der Waals surface area (Å²) >= 11 is 0.